The SMILES string of the molecule is CN(C)c1ccc(CCN2C(=O)NC(=O)C2(CC(=O)Nc2ccc(N(C)C)cc2)c2ccc(F)cc2)cc1. The van der Waals surface area contributed by atoms with Crippen molar-refractivity contribution in [1.29, 1.82) is 0 Å². The molecule has 1 fully saturated rings. The molecule has 1 heterocycles. The Balaban J connectivity index is 1.62. The maximum Gasteiger partial charge on any atom is 0.325 e. The number of hydrogen-bond donors (Lipinski definition) is 2. The van der Waals surface area contributed by atoms with Gasteiger partial charge in [-0.05, 0) is 66.1 Å². The second kappa shape index (κ2) is 10.9. The number of halogens is 1. The third kappa shape index (κ3) is 5.46. The van der Waals surface area contributed by atoms with Gasteiger partial charge in [-0.15, -0.1) is 0 Å². The molecule has 198 valence electrons. The minimum atomic E-state index is -1.62. The monoisotopic (exact) mass is 517 g/mol. The number of imide groups is 1. The minimum Gasteiger partial charge on any atom is -0.378 e. The summed E-state index contributed by atoms with van der Waals surface area (Å²) in [6.07, 6.45) is 0.135. The molecule has 4 amide bonds. The fourth-order valence-corrected chi connectivity index (χ4v) is 4.63. The van der Waals surface area contributed by atoms with Gasteiger partial charge in [0, 0.05) is 51.8 Å². The first-order chi connectivity index (χ1) is 18.1. The topological polar surface area (TPSA) is 85.0 Å². The molecule has 0 bridgehead atoms. The van der Waals surface area contributed by atoms with Crippen molar-refractivity contribution in [3.63, 3.8) is 0 Å². The Morgan fingerprint density at radius 3 is 1.97 bits per heavy atom. The molecule has 0 aliphatic carbocycles. The van der Waals surface area contributed by atoms with Crippen molar-refractivity contribution in [3.05, 3.63) is 89.7 Å². The standard InChI is InChI=1S/C29H32FN5O3/c1-33(2)24-13-5-20(6-14-24)17-18-35-28(38)32-27(37)29(35,21-7-9-22(30)10-8-21)19-26(36)31-23-11-15-25(16-12-23)34(3)4/h5-16H,17-19H2,1-4H3,(H,31,36)(H,32,37,38). The van der Waals surface area contributed by atoms with Crippen molar-refractivity contribution < 1.29 is 18.8 Å². The molecule has 3 aromatic rings. The Bertz CT molecular complexity index is 1310. The van der Waals surface area contributed by atoms with E-state index in [4.69, 9.17) is 0 Å². The van der Waals surface area contributed by atoms with E-state index in [2.05, 4.69) is 10.6 Å². The molecule has 1 atom stereocenters. The highest BCUT2D eigenvalue weighted by Gasteiger charge is 2.55. The normalized spacial score (nSPS) is 16.8. The van der Waals surface area contributed by atoms with Gasteiger partial charge in [-0.25, -0.2) is 9.18 Å². The highest BCUT2D eigenvalue weighted by atomic mass is 19.1. The highest BCUT2D eigenvalue weighted by Crippen LogP contribution is 2.37. The zero-order valence-corrected chi connectivity index (χ0v) is 22.0. The molecule has 1 saturated heterocycles. The van der Waals surface area contributed by atoms with Crippen LogP contribution in [0.25, 0.3) is 0 Å². The Hall–Kier alpha value is -4.40. The number of urea groups is 1. The molecule has 4 rings (SSSR count). The Labute approximate surface area is 222 Å². The number of benzene rings is 3. The molecule has 1 unspecified atom stereocenters. The van der Waals surface area contributed by atoms with Gasteiger partial charge in [-0.1, -0.05) is 24.3 Å². The van der Waals surface area contributed by atoms with Crippen molar-refractivity contribution in [3.8, 4) is 0 Å². The number of amides is 4. The van der Waals surface area contributed by atoms with Crippen LogP contribution >= 0.6 is 0 Å². The average Bonchev–Trinajstić information content (AvgIpc) is 3.12. The largest absolute Gasteiger partial charge is 0.378 e. The van der Waals surface area contributed by atoms with Crippen molar-refractivity contribution in [1.82, 2.24) is 10.2 Å². The third-order valence-corrected chi connectivity index (χ3v) is 6.78. The number of hydrogen-bond acceptors (Lipinski definition) is 5. The van der Waals surface area contributed by atoms with Gasteiger partial charge >= 0.3 is 6.03 Å². The van der Waals surface area contributed by atoms with Crippen molar-refractivity contribution >= 4 is 34.9 Å². The summed E-state index contributed by atoms with van der Waals surface area (Å²) in [5, 5.41) is 5.22. The van der Waals surface area contributed by atoms with Gasteiger partial charge in [0.1, 0.15) is 5.82 Å². The van der Waals surface area contributed by atoms with E-state index in [9.17, 15) is 18.8 Å². The first-order valence-electron chi connectivity index (χ1n) is 12.3. The van der Waals surface area contributed by atoms with Gasteiger partial charge in [0.05, 0.1) is 6.42 Å². The number of nitrogens with one attached hydrogen (secondary N) is 2. The van der Waals surface area contributed by atoms with Crippen LogP contribution in [-0.2, 0) is 21.5 Å². The molecule has 0 saturated carbocycles. The van der Waals surface area contributed by atoms with Gasteiger partial charge in [0.15, 0.2) is 5.54 Å². The fourth-order valence-electron chi connectivity index (χ4n) is 4.63. The number of carbonyl (C=O) groups is 3. The lowest BCUT2D eigenvalue weighted by molar-refractivity contribution is -0.131. The Kier molecular flexibility index (Phi) is 7.66. The van der Waals surface area contributed by atoms with Gasteiger partial charge in [0.2, 0.25) is 5.91 Å². The van der Waals surface area contributed by atoms with Crippen LogP contribution in [0.4, 0.5) is 26.2 Å². The number of anilines is 3. The molecule has 2 N–H and O–H groups in total. The van der Waals surface area contributed by atoms with E-state index in [1.807, 2.05) is 74.4 Å². The minimum absolute atomic E-state index is 0.182. The Morgan fingerprint density at radius 1 is 0.868 bits per heavy atom. The number of carbonyl (C=O) groups excluding carboxylic acids is 3. The molecular weight excluding hydrogens is 485 g/mol. The summed E-state index contributed by atoms with van der Waals surface area (Å²) < 4.78 is 13.8. The van der Waals surface area contributed by atoms with Crippen LogP contribution in [-0.4, -0.2) is 57.5 Å². The molecule has 1 aliphatic heterocycles. The maximum absolute atomic E-state index is 13.8. The van der Waals surface area contributed by atoms with Crippen molar-refractivity contribution in [2.75, 3.05) is 49.9 Å². The van der Waals surface area contributed by atoms with E-state index in [0.29, 0.717) is 17.7 Å². The molecule has 38 heavy (non-hydrogen) atoms. The molecular formula is C29H32FN5O3. The van der Waals surface area contributed by atoms with Crippen LogP contribution in [0.2, 0.25) is 0 Å². The lowest BCUT2D eigenvalue weighted by Crippen LogP contribution is -2.50. The third-order valence-electron chi connectivity index (χ3n) is 6.78. The molecule has 0 aromatic heterocycles. The molecule has 0 radical (unpaired) electrons. The van der Waals surface area contributed by atoms with Gasteiger partial charge in [-0.2, -0.15) is 0 Å². The predicted octanol–water partition coefficient (Wildman–Crippen LogP) is 3.98. The van der Waals surface area contributed by atoms with Crippen LogP contribution in [0.3, 0.4) is 0 Å². The van der Waals surface area contributed by atoms with E-state index < -0.39 is 29.2 Å². The average molecular weight is 518 g/mol. The summed E-state index contributed by atoms with van der Waals surface area (Å²) >= 11 is 0. The second-order valence-electron chi connectivity index (χ2n) is 9.76. The van der Waals surface area contributed by atoms with Gasteiger partial charge < -0.3 is 20.0 Å². The second-order valence-corrected chi connectivity index (χ2v) is 9.76. The summed E-state index contributed by atoms with van der Waals surface area (Å²) in [5.74, 6) is -1.54. The molecule has 3 aromatic carbocycles. The van der Waals surface area contributed by atoms with Crippen LogP contribution in [0.15, 0.2) is 72.8 Å². The van der Waals surface area contributed by atoms with Crippen LogP contribution < -0.4 is 20.4 Å². The summed E-state index contributed by atoms with van der Waals surface area (Å²) in [5.41, 5.74) is 2.29. The van der Waals surface area contributed by atoms with E-state index >= 15 is 0 Å². The van der Waals surface area contributed by atoms with Gasteiger partial charge in [0.25, 0.3) is 5.91 Å². The van der Waals surface area contributed by atoms with Crippen LogP contribution in [0, 0.1) is 5.82 Å². The summed E-state index contributed by atoms with van der Waals surface area (Å²) in [7, 11) is 7.74. The Morgan fingerprint density at radius 2 is 1.42 bits per heavy atom. The first kappa shape index (κ1) is 26.7. The summed E-state index contributed by atoms with van der Waals surface area (Å²) in [6, 6.07) is 19.9. The fraction of sp³-hybridized carbons (Fsp3) is 0.276. The molecule has 8 nitrogen and oxygen atoms in total. The van der Waals surface area contributed by atoms with Crippen LogP contribution in [0.1, 0.15) is 17.5 Å². The maximum atomic E-state index is 13.8. The smallest absolute Gasteiger partial charge is 0.325 e. The van der Waals surface area contributed by atoms with E-state index in [0.717, 1.165) is 16.9 Å². The van der Waals surface area contributed by atoms with Crippen molar-refractivity contribution in [2.45, 2.75) is 18.4 Å². The van der Waals surface area contributed by atoms with Crippen LogP contribution in [0.5, 0.6) is 0 Å². The summed E-state index contributed by atoms with van der Waals surface area (Å²) in [6.45, 7) is 0.182. The molecule has 0 spiro atoms. The molecule has 1 aliphatic rings. The highest BCUT2D eigenvalue weighted by molar-refractivity contribution is 6.10. The van der Waals surface area contributed by atoms with E-state index in [1.54, 1.807) is 12.1 Å². The zero-order valence-electron chi connectivity index (χ0n) is 22.0. The quantitative estimate of drug-likeness (QED) is 0.420. The van der Waals surface area contributed by atoms with E-state index in [-0.39, 0.29) is 13.0 Å². The summed E-state index contributed by atoms with van der Waals surface area (Å²) in [4.78, 5) is 45.0. The van der Waals surface area contributed by atoms with Gasteiger partial charge in [-0.3, -0.25) is 14.9 Å². The van der Waals surface area contributed by atoms with Crippen molar-refractivity contribution in [2.24, 2.45) is 0 Å². The predicted molar refractivity (Wildman–Crippen MR) is 147 cm³/mol. The zero-order chi connectivity index (χ0) is 27.4. The number of rotatable bonds is 9. The lowest BCUT2D eigenvalue weighted by atomic mass is 9.84. The number of nitrogens with zero attached hydrogens (tertiary/aromatic N) is 3. The molecule has 9 heteroatoms. The first-order valence-corrected chi connectivity index (χ1v) is 12.3. The van der Waals surface area contributed by atoms with E-state index in [1.165, 1.54) is 29.2 Å². The lowest BCUT2D eigenvalue weighted by Gasteiger charge is -2.35.